The van der Waals surface area contributed by atoms with E-state index in [1.165, 1.54) is 19.3 Å². The Bertz CT molecular complexity index is 819. The Morgan fingerprint density at radius 3 is 2.62 bits per heavy atom. The number of carbonyl (C=O) groups excluding carboxylic acids is 1. The van der Waals surface area contributed by atoms with Crippen LogP contribution in [0, 0.1) is 25.2 Å². The van der Waals surface area contributed by atoms with Crippen LogP contribution in [0.1, 0.15) is 80.3 Å². The molecular formula is C23H33N3O2S. The van der Waals surface area contributed by atoms with Gasteiger partial charge in [0.25, 0.3) is 5.91 Å². The molecule has 0 aliphatic heterocycles. The first-order valence-corrected chi connectivity index (χ1v) is 11.6. The number of rotatable bonds is 7. The largest absolute Gasteiger partial charge is 0.361 e. The van der Waals surface area contributed by atoms with E-state index in [0.717, 1.165) is 40.8 Å². The fourth-order valence-electron chi connectivity index (χ4n) is 4.10. The molecule has 158 valence electrons. The summed E-state index contributed by atoms with van der Waals surface area (Å²) < 4.78 is 5.24. The predicted molar refractivity (Wildman–Crippen MR) is 117 cm³/mol. The third-order valence-corrected chi connectivity index (χ3v) is 7.66. The Kier molecular flexibility index (Phi) is 7.04. The molecule has 5 nitrogen and oxygen atoms in total. The number of hydrogen-bond acceptors (Lipinski definition) is 5. The van der Waals surface area contributed by atoms with E-state index in [1.54, 1.807) is 18.0 Å². The third-order valence-electron chi connectivity index (χ3n) is 6.63. The number of hydrogen-bond donors (Lipinski definition) is 1. The molecule has 0 bridgehead atoms. The molecule has 1 amide bonds. The molecule has 0 radical (unpaired) electrons. The summed E-state index contributed by atoms with van der Waals surface area (Å²) >= 11 is 1.56. The normalized spacial score (nSPS) is 19.9. The topological polar surface area (TPSA) is 68.0 Å². The van der Waals surface area contributed by atoms with Gasteiger partial charge in [0.2, 0.25) is 0 Å². The van der Waals surface area contributed by atoms with Crippen molar-refractivity contribution >= 4 is 17.7 Å². The highest BCUT2D eigenvalue weighted by molar-refractivity contribution is 7.98. The van der Waals surface area contributed by atoms with Gasteiger partial charge in [0, 0.05) is 23.6 Å². The van der Waals surface area contributed by atoms with E-state index in [-0.39, 0.29) is 11.9 Å². The van der Waals surface area contributed by atoms with Crippen molar-refractivity contribution < 1.29 is 9.32 Å². The summed E-state index contributed by atoms with van der Waals surface area (Å²) in [6.07, 6.45) is 7.43. The molecule has 2 aromatic heterocycles. The van der Waals surface area contributed by atoms with E-state index in [2.05, 4.69) is 36.2 Å². The summed E-state index contributed by atoms with van der Waals surface area (Å²) in [6, 6.07) is 3.95. The van der Waals surface area contributed by atoms with Gasteiger partial charge in [0.15, 0.2) is 0 Å². The minimum atomic E-state index is -0.0161. The van der Waals surface area contributed by atoms with Crippen molar-refractivity contribution in [3.05, 3.63) is 40.9 Å². The fraction of sp³-hybridized carbons (Fsp3) is 0.609. The summed E-state index contributed by atoms with van der Waals surface area (Å²) in [4.78, 5) is 17.4. The maximum Gasteiger partial charge on any atom is 0.254 e. The van der Waals surface area contributed by atoms with Crippen molar-refractivity contribution in [3.8, 4) is 0 Å². The molecule has 3 rings (SSSR count). The van der Waals surface area contributed by atoms with E-state index in [9.17, 15) is 4.79 Å². The molecule has 2 heterocycles. The van der Waals surface area contributed by atoms with Gasteiger partial charge in [-0.15, -0.1) is 11.8 Å². The zero-order chi connectivity index (χ0) is 21.0. The number of nitrogens with zero attached hydrogens (tertiary/aromatic N) is 2. The summed E-state index contributed by atoms with van der Waals surface area (Å²) in [6.45, 7) is 10.9. The molecule has 0 unspecified atom stereocenters. The van der Waals surface area contributed by atoms with Crippen molar-refractivity contribution in [1.29, 1.82) is 0 Å². The number of nitrogens with one attached hydrogen (secondary N) is 1. The molecule has 6 heteroatoms. The van der Waals surface area contributed by atoms with Crippen molar-refractivity contribution in [2.75, 3.05) is 0 Å². The van der Waals surface area contributed by atoms with Gasteiger partial charge in [-0.25, -0.2) is 4.98 Å². The minimum absolute atomic E-state index is 0.0161. The number of aryl methyl sites for hydroxylation is 2. The van der Waals surface area contributed by atoms with Gasteiger partial charge in [-0.05, 0) is 63.0 Å². The van der Waals surface area contributed by atoms with E-state index in [0.29, 0.717) is 16.7 Å². The maximum atomic E-state index is 13.0. The monoisotopic (exact) mass is 415 g/mol. The number of amides is 1. The van der Waals surface area contributed by atoms with Crippen LogP contribution < -0.4 is 5.32 Å². The van der Waals surface area contributed by atoms with Crippen LogP contribution in [0.25, 0.3) is 0 Å². The molecule has 0 aromatic carbocycles. The van der Waals surface area contributed by atoms with E-state index in [4.69, 9.17) is 4.52 Å². The van der Waals surface area contributed by atoms with Crippen molar-refractivity contribution in [1.82, 2.24) is 15.5 Å². The summed E-state index contributed by atoms with van der Waals surface area (Å²) in [7, 11) is 0. The van der Waals surface area contributed by atoms with Crippen molar-refractivity contribution in [2.24, 2.45) is 11.3 Å². The Morgan fingerprint density at radius 2 is 2.00 bits per heavy atom. The lowest BCUT2D eigenvalue weighted by Gasteiger charge is -2.39. The summed E-state index contributed by atoms with van der Waals surface area (Å²) in [5.74, 6) is 2.25. The smallest absolute Gasteiger partial charge is 0.254 e. The summed E-state index contributed by atoms with van der Waals surface area (Å²) in [5, 5.41) is 8.02. The minimum Gasteiger partial charge on any atom is -0.361 e. The van der Waals surface area contributed by atoms with E-state index >= 15 is 0 Å². The zero-order valence-corrected chi connectivity index (χ0v) is 19.1. The Balaban J connectivity index is 1.61. The Labute approximate surface area is 178 Å². The van der Waals surface area contributed by atoms with Gasteiger partial charge >= 0.3 is 0 Å². The van der Waals surface area contributed by atoms with Crippen LogP contribution in [0.3, 0.4) is 0 Å². The van der Waals surface area contributed by atoms with Gasteiger partial charge in [-0.1, -0.05) is 32.3 Å². The average Bonchev–Trinajstić information content (AvgIpc) is 3.04. The highest BCUT2D eigenvalue weighted by Crippen LogP contribution is 2.40. The number of carbonyl (C=O) groups is 1. The predicted octanol–water partition coefficient (Wildman–Crippen LogP) is 5.70. The SMILES string of the molecule is CCC(C)(C)C1CCC(NC(=O)c2cccnc2SCc2c(C)noc2C)CC1. The molecule has 1 aliphatic carbocycles. The zero-order valence-electron chi connectivity index (χ0n) is 18.2. The first kappa shape index (κ1) is 21.9. The van der Waals surface area contributed by atoms with Gasteiger partial charge < -0.3 is 9.84 Å². The molecular weight excluding hydrogens is 382 g/mol. The summed E-state index contributed by atoms with van der Waals surface area (Å²) in [5.41, 5.74) is 3.01. The molecule has 1 N–H and O–H groups in total. The second-order valence-electron chi connectivity index (χ2n) is 8.81. The van der Waals surface area contributed by atoms with Crippen molar-refractivity contribution in [2.45, 2.75) is 83.5 Å². The second-order valence-corrected chi connectivity index (χ2v) is 9.78. The quantitative estimate of drug-likeness (QED) is 0.587. The molecule has 29 heavy (non-hydrogen) atoms. The lowest BCUT2D eigenvalue weighted by molar-refractivity contribution is 0.0889. The molecule has 0 saturated heterocycles. The van der Waals surface area contributed by atoms with Gasteiger partial charge in [-0.2, -0.15) is 0 Å². The van der Waals surface area contributed by atoms with Crippen LogP contribution in [0.4, 0.5) is 0 Å². The van der Waals surface area contributed by atoms with Crippen LogP contribution in [0.2, 0.25) is 0 Å². The van der Waals surface area contributed by atoms with Crippen LogP contribution in [0.15, 0.2) is 27.9 Å². The fourth-order valence-corrected chi connectivity index (χ4v) is 5.24. The molecule has 0 spiro atoms. The lowest BCUT2D eigenvalue weighted by Crippen LogP contribution is -2.40. The average molecular weight is 416 g/mol. The van der Waals surface area contributed by atoms with Crippen LogP contribution in [-0.4, -0.2) is 22.1 Å². The lowest BCUT2D eigenvalue weighted by atomic mass is 9.69. The maximum absolute atomic E-state index is 13.0. The molecule has 2 aromatic rings. The van der Waals surface area contributed by atoms with Gasteiger partial charge in [0.05, 0.1) is 11.3 Å². The Morgan fingerprint density at radius 1 is 1.28 bits per heavy atom. The van der Waals surface area contributed by atoms with Crippen LogP contribution in [-0.2, 0) is 5.75 Å². The molecule has 0 atom stereocenters. The Hall–Kier alpha value is -1.82. The highest BCUT2D eigenvalue weighted by Gasteiger charge is 2.32. The molecule has 1 fully saturated rings. The number of aromatic nitrogens is 2. The molecule has 1 aliphatic rings. The van der Waals surface area contributed by atoms with Crippen LogP contribution in [0.5, 0.6) is 0 Å². The number of pyridine rings is 1. The first-order valence-electron chi connectivity index (χ1n) is 10.6. The van der Waals surface area contributed by atoms with Crippen molar-refractivity contribution in [3.63, 3.8) is 0 Å². The third kappa shape index (κ3) is 5.21. The van der Waals surface area contributed by atoms with Gasteiger partial charge in [0.1, 0.15) is 10.8 Å². The number of thioether (sulfide) groups is 1. The van der Waals surface area contributed by atoms with Crippen LogP contribution >= 0.6 is 11.8 Å². The van der Waals surface area contributed by atoms with Gasteiger partial charge in [-0.3, -0.25) is 4.79 Å². The van der Waals surface area contributed by atoms with E-state index in [1.807, 2.05) is 26.0 Å². The standard InChI is InChI=1S/C23H33N3O2S/c1-6-23(4,5)17-9-11-18(12-10-17)25-21(27)19-8-7-13-24-22(19)29-14-20-15(2)26-28-16(20)3/h7-8,13,17-18H,6,9-12,14H2,1-5H3,(H,25,27). The van der Waals surface area contributed by atoms with E-state index < -0.39 is 0 Å². The highest BCUT2D eigenvalue weighted by atomic mass is 32.2. The molecule has 1 saturated carbocycles. The second kappa shape index (κ2) is 9.33. The first-order chi connectivity index (χ1) is 13.8.